The minimum atomic E-state index is -1.12. The third-order valence-electron chi connectivity index (χ3n) is 4.54. The summed E-state index contributed by atoms with van der Waals surface area (Å²) in [5, 5.41) is 28.1. The summed E-state index contributed by atoms with van der Waals surface area (Å²) in [6, 6.07) is 1.77. The van der Waals surface area contributed by atoms with Crippen LogP contribution < -0.4 is 5.73 Å². The monoisotopic (exact) mass is 353 g/mol. The molecule has 1 fully saturated rings. The number of carboxylic acid groups (broad SMARTS) is 1. The number of hydrogen-bond acceptors (Lipinski definition) is 6. The second-order valence-electron chi connectivity index (χ2n) is 6.13. The summed E-state index contributed by atoms with van der Waals surface area (Å²) in [4.78, 5) is 26.1. The van der Waals surface area contributed by atoms with E-state index in [9.17, 15) is 19.8 Å². The Kier molecular flexibility index (Phi) is 6.27. The van der Waals surface area contributed by atoms with Gasteiger partial charge in [0.05, 0.1) is 24.1 Å². The average molecular weight is 353 g/mol. The van der Waals surface area contributed by atoms with E-state index >= 15 is 0 Å². The highest BCUT2D eigenvalue weighted by molar-refractivity contribution is 8.03. The fraction of sp³-hybridized carbons (Fsp3) is 0.688. The molecule has 2 aliphatic rings. The topological polar surface area (TPSA) is 128 Å². The first kappa shape index (κ1) is 18.8. The Hall–Kier alpha value is -1.56. The molecule has 2 heterocycles. The maximum Gasteiger partial charge on any atom is 0.353 e. The molecule has 2 rings (SSSR count). The Bertz CT molecular complexity index is 584. The van der Waals surface area contributed by atoms with Crippen molar-refractivity contribution in [3.8, 4) is 6.07 Å². The number of nitrogens with two attached hydrogens (primary N) is 1. The Balaban J connectivity index is 2.28. The summed E-state index contributed by atoms with van der Waals surface area (Å²) in [6.07, 6.45) is 1.69. The van der Waals surface area contributed by atoms with Crippen LogP contribution in [-0.2, 0) is 9.59 Å². The molecule has 0 unspecified atom stereocenters. The molecule has 4 N–H and O–H groups in total. The largest absolute Gasteiger partial charge is 0.477 e. The van der Waals surface area contributed by atoms with Crippen LogP contribution in [0.25, 0.3) is 0 Å². The Morgan fingerprint density at radius 3 is 2.75 bits per heavy atom. The van der Waals surface area contributed by atoms with Crippen molar-refractivity contribution in [2.24, 2.45) is 17.6 Å². The van der Waals surface area contributed by atoms with E-state index in [2.05, 4.69) is 6.07 Å². The first-order valence-electron chi connectivity index (χ1n) is 8.14. The van der Waals surface area contributed by atoms with E-state index in [1.165, 1.54) is 16.7 Å². The number of thioether (sulfide) groups is 1. The molecule has 0 aromatic carbocycles. The van der Waals surface area contributed by atoms with Crippen LogP contribution in [-0.4, -0.2) is 51.4 Å². The van der Waals surface area contributed by atoms with Crippen molar-refractivity contribution < 1.29 is 19.8 Å². The number of β-lactam (4-membered cyclic amide) rings is 1. The quantitative estimate of drug-likeness (QED) is 0.415. The fourth-order valence-electron chi connectivity index (χ4n) is 3.52. The highest BCUT2D eigenvalue weighted by Crippen LogP contribution is 2.52. The third-order valence-corrected chi connectivity index (χ3v) is 5.84. The maximum absolute atomic E-state index is 12.3. The van der Waals surface area contributed by atoms with Gasteiger partial charge < -0.3 is 20.8 Å². The summed E-state index contributed by atoms with van der Waals surface area (Å²) in [5.74, 6) is -1.47. The summed E-state index contributed by atoms with van der Waals surface area (Å²) in [7, 11) is 0. The molecule has 0 radical (unpaired) electrons. The number of nitriles is 1. The summed E-state index contributed by atoms with van der Waals surface area (Å²) >= 11 is 1.41. The number of unbranched alkanes of at least 4 members (excludes halogenated alkanes) is 1. The molecule has 4 atom stereocenters. The molecule has 24 heavy (non-hydrogen) atoms. The molecular formula is C16H23N3O4S. The molecule has 132 valence electrons. The number of hydrogen-bond donors (Lipinski definition) is 3. The van der Waals surface area contributed by atoms with Gasteiger partial charge in [0.2, 0.25) is 5.91 Å². The molecule has 0 spiro atoms. The van der Waals surface area contributed by atoms with Gasteiger partial charge in [-0.1, -0.05) is 0 Å². The van der Waals surface area contributed by atoms with Gasteiger partial charge in [-0.25, -0.2) is 4.79 Å². The molecule has 2 aliphatic heterocycles. The van der Waals surface area contributed by atoms with Crippen LogP contribution in [0.15, 0.2) is 10.6 Å². The lowest BCUT2D eigenvalue weighted by atomic mass is 9.77. The smallest absolute Gasteiger partial charge is 0.353 e. The van der Waals surface area contributed by atoms with E-state index < -0.39 is 18.0 Å². The second kappa shape index (κ2) is 8.01. The van der Waals surface area contributed by atoms with E-state index in [1.54, 1.807) is 6.92 Å². The molecule has 0 aromatic heterocycles. The minimum Gasteiger partial charge on any atom is -0.477 e. The van der Waals surface area contributed by atoms with Crippen molar-refractivity contribution in [3.05, 3.63) is 10.6 Å². The predicted molar refractivity (Wildman–Crippen MR) is 89.6 cm³/mol. The zero-order chi connectivity index (χ0) is 17.9. The van der Waals surface area contributed by atoms with E-state index in [1.807, 2.05) is 0 Å². The van der Waals surface area contributed by atoms with Gasteiger partial charge in [-0.2, -0.15) is 5.26 Å². The molecule has 0 bridgehead atoms. The van der Waals surface area contributed by atoms with Gasteiger partial charge in [0.25, 0.3) is 0 Å². The second-order valence-corrected chi connectivity index (χ2v) is 7.27. The average Bonchev–Trinajstić information content (AvgIpc) is 2.79. The van der Waals surface area contributed by atoms with Crippen molar-refractivity contribution >= 4 is 23.6 Å². The first-order chi connectivity index (χ1) is 11.5. The van der Waals surface area contributed by atoms with Crippen LogP contribution in [0.5, 0.6) is 0 Å². The molecule has 0 aromatic rings. The molecular weight excluding hydrogens is 330 g/mol. The van der Waals surface area contributed by atoms with Crippen LogP contribution in [0.4, 0.5) is 0 Å². The molecule has 1 saturated heterocycles. The number of carbonyl (C=O) groups is 2. The van der Waals surface area contributed by atoms with E-state index in [4.69, 9.17) is 11.0 Å². The van der Waals surface area contributed by atoms with E-state index in [0.717, 1.165) is 6.42 Å². The fourth-order valence-corrected chi connectivity index (χ4v) is 4.82. The lowest BCUT2D eigenvalue weighted by molar-refractivity contribution is -0.163. The number of aliphatic carboxylic acids is 1. The van der Waals surface area contributed by atoms with Crippen LogP contribution in [0.1, 0.15) is 32.6 Å². The van der Waals surface area contributed by atoms with Gasteiger partial charge in [0.1, 0.15) is 5.70 Å². The standard InChI is InChI=1S/C16H23N3O4S/c1-9(20)11-12-10(5-4-7-18)14(24-8-3-2-6-17)13(16(22)23)19(12)15(11)21/h9-12,20H,2-5,7-8,18H2,1H3,(H,22,23)/t9-,10-,11-,12-/m1/s1. The number of rotatable bonds is 9. The third kappa shape index (κ3) is 3.29. The van der Waals surface area contributed by atoms with Crippen molar-refractivity contribution in [3.63, 3.8) is 0 Å². The number of aliphatic hydroxyl groups excluding tert-OH is 1. The molecule has 0 saturated carbocycles. The van der Waals surface area contributed by atoms with Gasteiger partial charge in [-0.15, -0.1) is 11.8 Å². The van der Waals surface area contributed by atoms with Crippen LogP contribution >= 0.6 is 11.8 Å². The SMILES string of the molecule is C[C@@H](O)[C@H]1C(=O)N2C(C(=O)O)=C(SCCCC#N)[C@H](CCCN)[C@H]12. The zero-order valence-corrected chi connectivity index (χ0v) is 14.5. The normalized spacial score (nSPS) is 26.8. The lowest BCUT2D eigenvalue weighted by Gasteiger charge is -2.47. The number of aliphatic hydroxyl groups is 1. The number of carboxylic acids is 1. The lowest BCUT2D eigenvalue weighted by Crippen LogP contribution is -2.63. The Morgan fingerprint density at radius 2 is 2.21 bits per heavy atom. The summed E-state index contributed by atoms with van der Waals surface area (Å²) < 4.78 is 0. The van der Waals surface area contributed by atoms with Crippen molar-refractivity contribution in [2.75, 3.05) is 12.3 Å². The van der Waals surface area contributed by atoms with Gasteiger partial charge >= 0.3 is 5.97 Å². The van der Waals surface area contributed by atoms with Crippen molar-refractivity contribution in [1.82, 2.24) is 4.90 Å². The summed E-state index contributed by atoms with van der Waals surface area (Å²) in [5.41, 5.74) is 5.65. The molecule has 7 nitrogen and oxygen atoms in total. The molecule has 1 amide bonds. The Labute approximate surface area is 145 Å². The molecule has 8 heteroatoms. The Morgan fingerprint density at radius 1 is 1.50 bits per heavy atom. The number of amides is 1. The highest BCUT2D eigenvalue weighted by atomic mass is 32.2. The van der Waals surface area contributed by atoms with Gasteiger partial charge in [-0.3, -0.25) is 4.79 Å². The van der Waals surface area contributed by atoms with Gasteiger partial charge in [0.15, 0.2) is 0 Å². The first-order valence-corrected chi connectivity index (χ1v) is 9.12. The van der Waals surface area contributed by atoms with Gasteiger partial charge in [0, 0.05) is 17.2 Å². The van der Waals surface area contributed by atoms with E-state index in [0.29, 0.717) is 36.5 Å². The highest BCUT2D eigenvalue weighted by Gasteiger charge is 2.60. The van der Waals surface area contributed by atoms with Crippen LogP contribution in [0, 0.1) is 23.2 Å². The maximum atomic E-state index is 12.3. The minimum absolute atomic E-state index is 0.0471. The number of fused-ring (bicyclic) bond motifs is 1. The zero-order valence-electron chi connectivity index (χ0n) is 13.6. The van der Waals surface area contributed by atoms with Crippen molar-refractivity contribution in [2.45, 2.75) is 44.8 Å². The van der Waals surface area contributed by atoms with E-state index in [-0.39, 0.29) is 23.6 Å². The predicted octanol–water partition coefficient (Wildman–Crippen LogP) is 0.896. The van der Waals surface area contributed by atoms with Gasteiger partial charge in [-0.05, 0) is 38.5 Å². The van der Waals surface area contributed by atoms with Crippen LogP contribution in [0.3, 0.4) is 0 Å². The van der Waals surface area contributed by atoms with Crippen molar-refractivity contribution in [1.29, 1.82) is 5.26 Å². The summed E-state index contributed by atoms with van der Waals surface area (Å²) in [6.45, 7) is 2.06. The number of carbonyl (C=O) groups excluding carboxylic acids is 1. The molecule has 0 aliphatic carbocycles. The van der Waals surface area contributed by atoms with Crippen LogP contribution in [0.2, 0.25) is 0 Å². The number of nitrogens with zero attached hydrogens (tertiary/aromatic N) is 2.